The molecule has 6 nitrogen and oxygen atoms in total. The van der Waals surface area contributed by atoms with Gasteiger partial charge in [0.15, 0.2) is 6.29 Å². The fourth-order valence-electron chi connectivity index (χ4n) is 2.78. The van der Waals surface area contributed by atoms with E-state index >= 15 is 0 Å². The van der Waals surface area contributed by atoms with E-state index in [9.17, 15) is 0 Å². The average Bonchev–Trinajstić information content (AvgIpc) is 3.16. The van der Waals surface area contributed by atoms with Gasteiger partial charge in [0.1, 0.15) is 6.17 Å². The second-order valence-electron chi connectivity index (χ2n) is 5.42. The smallest absolute Gasteiger partial charge is 0.183 e. The Hall–Kier alpha value is -1.80. The number of rotatable bonds is 7. The van der Waals surface area contributed by atoms with Crippen molar-refractivity contribution in [3.63, 3.8) is 0 Å². The molecule has 2 aromatic carbocycles. The summed E-state index contributed by atoms with van der Waals surface area (Å²) in [7, 11) is 0. The van der Waals surface area contributed by atoms with Crippen molar-refractivity contribution in [1.82, 2.24) is 21.9 Å². The molecule has 3 rings (SSSR count). The average molecular weight is 328 g/mol. The molecule has 1 aliphatic heterocycles. The summed E-state index contributed by atoms with van der Waals surface area (Å²) in [6.07, 6.45) is -0.309. The van der Waals surface area contributed by atoms with Crippen LogP contribution in [0.15, 0.2) is 48.5 Å². The molecule has 0 aliphatic carbocycles. The lowest BCUT2D eigenvalue weighted by atomic mass is 9.97. The highest BCUT2D eigenvalue weighted by molar-refractivity contribution is 5.68. The van der Waals surface area contributed by atoms with Crippen LogP contribution in [0.3, 0.4) is 0 Å². The number of ether oxygens (including phenoxy) is 2. The van der Waals surface area contributed by atoms with Gasteiger partial charge in [0.05, 0.1) is 0 Å². The molecule has 1 heterocycles. The van der Waals surface area contributed by atoms with E-state index in [2.05, 4.69) is 58.3 Å². The van der Waals surface area contributed by atoms with Crippen LogP contribution >= 0.6 is 0 Å². The molecular formula is C18H24N4O2. The Morgan fingerprint density at radius 1 is 0.875 bits per heavy atom. The van der Waals surface area contributed by atoms with Crippen molar-refractivity contribution >= 4 is 0 Å². The van der Waals surface area contributed by atoms with Crippen molar-refractivity contribution in [2.75, 3.05) is 13.2 Å². The first kappa shape index (κ1) is 17.0. The minimum absolute atomic E-state index is 0.000439. The van der Waals surface area contributed by atoms with Gasteiger partial charge >= 0.3 is 0 Å². The van der Waals surface area contributed by atoms with Gasteiger partial charge in [0.2, 0.25) is 0 Å². The first-order chi connectivity index (χ1) is 11.8. The lowest BCUT2D eigenvalue weighted by Gasteiger charge is -2.18. The highest BCUT2D eigenvalue weighted by Crippen LogP contribution is 2.29. The van der Waals surface area contributed by atoms with Crippen molar-refractivity contribution in [2.24, 2.45) is 0 Å². The zero-order valence-electron chi connectivity index (χ0n) is 14.0. The summed E-state index contributed by atoms with van der Waals surface area (Å²) in [5, 5.41) is 0. The Balaban J connectivity index is 1.85. The molecule has 0 atom stereocenters. The topological polar surface area (TPSA) is 66.6 Å². The van der Waals surface area contributed by atoms with E-state index < -0.39 is 0 Å². The van der Waals surface area contributed by atoms with Crippen molar-refractivity contribution < 1.29 is 9.47 Å². The van der Waals surface area contributed by atoms with Crippen LogP contribution in [0.1, 0.15) is 37.4 Å². The molecule has 0 spiro atoms. The minimum Gasteiger partial charge on any atom is -0.349 e. The highest BCUT2D eigenvalue weighted by Gasteiger charge is 2.19. The molecule has 0 bridgehead atoms. The first-order valence-corrected chi connectivity index (χ1v) is 8.27. The lowest BCUT2D eigenvalue weighted by molar-refractivity contribution is -0.140. The molecule has 6 heteroatoms. The molecule has 1 fully saturated rings. The second kappa shape index (κ2) is 8.34. The van der Waals surface area contributed by atoms with Crippen molar-refractivity contribution in [2.45, 2.75) is 26.3 Å². The maximum absolute atomic E-state index is 5.66. The summed E-state index contributed by atoms with van der Waals surface area (Å²) >= 11 is 0. The van der Waals surface area contributed by atoms with Crippen LogP contribution < -0.4 is 21.9 Å². The van der Waals surface area contributed by atoms with Gasteiger partial charge in [0, 0.05) is 18.8 Å². The van der Waals surface area contributed by atoms with E-state index in [1.807, 2.05) is 26.0 Å². The van der Waals surface area contributed by atoms with Crippen molar-refractivity contribution in [3.05, 3.63) is 59.7 Å². The van der Waals surface area contributed by atoms with Crippen LogP contribution in [0.2, 0.25) is 0 Å². The van der Waals surface area contributed by atoms with E-state index in [0.717, 1.165) is 16.7 Å². The number of nitrogens with one attached hydrogen (secondary N) is 4. The largest absolute Gasteiger partial charge is 0.349 e. The second-order valence-corrected chi connectivity index (χ2v) is 5.42. The van der Waals surface area contributed by atoms with Crippen molar-refractivity contribution in [1.29, 1.82) is 0 Å². The zero-order valence-corrected chi connectivity index (χ0v) is 14.0. The molecule has 0 amide bonds. The molecule has 1 saturated heterocycles. The van der Waals surface area contributed by atoms with Gasteiger partial charge in [-0.2, -0.15) is 11.1 Å². The molecule has 0 unspecified atom stereocenters. The Kier molecular flexibility index (Phi) is 5.92. The summed E-state index contributed by atoms with van der Waals surface area (Å²) in [6, 6.07) is 16.6. The van der Waals surface area contributed by atoms with Crippen LogP contribution in [-0.2, 0) is 9.47 Å². The highest BCUT2D eigenvalue weighted by atomic mass is 16.7. The van der Waals surface area contributed by atoms with Gasteiger partial charge in [-0.15, -0.1) is 0 Å². The Morgan fingerprint density at radius 2 is 1.50 bits per heavy atom. The van der Waals surface area contributed by atoms with Crippen LogP contribution in [0.5, 0.6) is 0 Å². The fourth-order valence-corrected chi connectivity index (χ4v) is 2.78. The minimum atomic E-state index is -0.309. The van der Waals surface area contributed by atoms with Crippen LogP contribution in [-0.4, -0.2) is 13.2 Å². The van der Waals surface area contributed by atoms with Gasteiger partial charge in [-0.05, 0) is 30.5 Å². The predicted molar refractivity (Wildman–Crippen MR) is 93.2 cm³/mol. The first-order valence-electron chi connectivity index (χ1n) is 8.27. The molecule has 1 aliphatic rings. The fraction of sp³-hybridized carbons (Fsp3) is 0.333. The van der Waals surface area contributed by atoms with E-state index in [0.29, 0.717) is 13.2 Å². The third-order valence-corrected chi connectivity index (χ3v) is 3.90. The molecule has 24 heavy (non-hydrogen) atoms. The predicted octanol–water partition coefficient (Wildman–Crippen LogP) is 2.54. The van der Waals surface area contributed by atoms with Crippen LogP contribution in [0.25, 0.3) is 11.1 Å². The standard InChI is InChI=1S/C18H24N4O2/c1-3-23-18(24-4-2)14-11-9-13(10-12-14)15-7-5-6-8-16(15)17-19-21-22-20-17/h5-12,17-22H,3-4H2,1-2H3. The SMILES string of the molecule is CCOC(OCC)c1ccc(-c2ccccc2C2NNNN2)cc1. The van der Waals surface area contributed by atoms with Gasteiger partial charge in [-0.3, -0.25) is 0 Å². The quantitative estimate of drug-likeness (QED) is 0.586. The Morgan fingerprint density at radius 3 is 2.12 bits per heavy atom. The van der Waals surface area contributed by atoms with Gasteiger partial charge in [0.25, 0.3) is 0 Å². The number of hydrogen-bond donors (Lipinski definition) is 4. The Labute approximate surface area is 142 Å². The number of hydrazine groups is 3. The Bertz CT molecular complexity index is 636. The molecule has 0 saturated carbocycles. The molecule has 0 radical (unpaired) electrons. The number of benzene rings is 2. The molecule has 0 aromatic heterocycles. The molecular weight excluding hydrogens is 304 g/mol. The zero-order chi connectivity index (χ0) is 16.8. The monoisotopic (exact) mass is 328 g/mol. The summed E-state index contributed by atoms with van der Waals surface area (Å²) in [4.78, 5) is 0. The third-order valence-electron chi connectivity index (χ3n) is 3.90. The van der Waals surface area contributed by atoms with Gasteiger partial charge in [-0.1, -0.05) is 48.5 Å². The normalized spacial score (nSPS) is 15.3. The summed E-state index contributed by atoms with van der Waals surface area (Å²) < 4.78 is 11.3. The van der Waals surface area contributed by atoms with Crippen molar-refractivity contribution in [3.8, 4) is 11.1 Å². The van der Waals surface area contributed by atoms with Gasteiger partial charge < -0.3 is 9.47 Å². The van der Waals surface area contributed by atoms with Crippen LogP contribution in [0, 0.1) is 0 Å². The lowest BCUT2D eigenvalue weighted by Crippen LogP contribution is -2.33. The van der Waals surface area contributed by atoms with E-state index in [1.165, 1.54) is 5.56 Å². The summed E-state index contributed by atoms with van der Waals surface area (Å²) in [5.41, 5.74) is 16.5. The summed E-state index contributed by atoms with van der Waals surface area (Å²) in [6.45, 7) is 5.18. The third kappa shape index (κ3) is 3.81. The van der Waals surface area contributed by atoms with E-state index in [-0.39, 0.29) is 12.5 Å². The van der Waals surface area contributed by atoms with Gasteiger partial charge in [-0.25, -0.2) is 10.9 Å². The maximum atomic E-state index is 5.66. The molecule has 128 valence electrons. The molecule has 4 N–H and O–H groups in total. The number of hydrogen-bond acceptors (Lipinski definition) is 6. The maximum Gasteiger partial charge on any atom is 0.183 e. The summed E-state index contributed by atoms with van der Waals surface area (Å²) in [5.74, 6) is 0. The van der Waals surface area contributed by atoms with E-state index in [4.69, 9.17) is 9.47 Å². The molecule has 2 aromatic rings. The van der Waals surface area contributed by atoms with Crippen LogP contribution in [0.4, 0.5) is 0 Å². The van der Waals surface area contributed by atoms with E-state index in [1.54, 1.807) is 0 Å².